The number of nitrogens with two attached hydrogens (primary N) is 1. The molecule has 1 atom stereocenters. The van der Waals surface area contributed by atoms with Crippen molar-refractivity contribution in [3.8, 4) is 0 Å². The van der Waals surface area contributed by atoms with Gasteiger partial charge >= 0.3 is 0 Å². The minimum Gasteiger partial charge on any atom is -0.399 e. The lowest BCUT2D eigenvalue weighted by Crippen LogP contribution is -2.61. The fraction of sp³-hybridized carbons (Fsp3) is 0.700. The third-order valence-corrected chi connectivity index (χ3v) is 4.51. The first kappa shape index (κ1) is 23.6. The molecule has 4 nitrogen and oxygen atoms in total. The molecule has 7 heteroatoms. The van der Waals surface area contributed by atoms with E-state index in [-0.39, 0.29) is 12.4 Å². The molecule has 2 aliphatic heterocycles. The van der Waals surface area contributed by atoms with Gasteiger partial charge in [0.1, 0.15) is 5.82 Å². The molecule has 3 rings (SSSR count). The van der Waals surface area contributed by atoms with E-state index in [0.717, 1.165) is 0 Å². The highest BCUT2D eigenvalue weighted by atomic mass is 19.3. The van der Waals surface area contributed by atoms with Crippen LogP contribution in [0.15, 0.2) is 18.2 Å². The second-order valence-electron chi connectivity index (χ2n) is 6.68. The number of piperidine rings is 1. The largest absolute Gasteiger partial charge is 0.399 e. The Bertz CT molecular complexity index is 546. The molecule has 1 unspecified atom stereocenters. The molecule has 0 amide bonds. The van der Waals surface area contributed by atoms with Crippen LogP contribution in [0.2, 0.25) is 0 Å². The highest BCUT2D eigenvalue weighted by Crippen LogP contribution is 2.30. The van der Waals surface area contributed by atoms with E-state index in [0.29, 0.717) is 50.5 Å². The first-order valence-corrected chi connectivity index (χ1v) is 10.0. The minimum absolute atomic E-state index is 0.259. The van der Waals surface area contributed by atoms with Crippen molar-refractivity contribution in [1.29, 1.82) is 0 Å². The quantitative estimate of drug-likeness (QED) is 0.753. The van der Waals surface area contributed by atoms with Crippen LogP contribution in [0, 0.1) is 5.82 Å². The first-order valence-electron chi connectivity index (χ1n) is 10.0. The molecule has 0 aromatic heterocycles. The van der Waals surface area contributed by atoms with E-state index in [1.807, 2.05) is 23.6 Å². The van der Waals surface area contributed by atoms with Crippen molar-refractivity contribution in [2.24, 2.45) is 0 Å². The molecule has 0 radical (unpaired) electrons. The molecular weight excluding hydrogens is 353 g/mol. The van der Waals surface area contributed by atoms with Crippen LogP contribution in [0.4, 0.5) is 24.5 Å². The Hall–Kier alpha value is -1.47. The number of piperazine rings is 1. The molecule has 0 bridgehead atoms. The molecule has 1 aromatic rings. The molecule has 27 heavy (non-hydrogen) atoms. The van der Waals surface area contributed by atoms with Crippen molar-refractivity contribution in [3.63, 3.8) is 0 Å². The monoisotopic (exact) mass is 388 g/mol. The predicted molar refractivity (Wildman–Crippen MR) is 108 cm³/mol. The van der Waals surface area contributed by atoms with Crippen LogP contribution in [0.1, 0.15) is 40.5 Å². The van der Waals surface area contributed by atoms with Gasteiger partial charge in [-0.3, -0.25) is 4.90 Å². The molecule has 0 saturated carbocycles. The van der Waals surface area contributed by atoms with Crippen LogP contribution in [-0.2, 0) is 0 Å². The fourth-order valence-corrected chi connectivity index (χ4v) is 3.33. The van der Waals surface area contributed by atoms with Gasteiger partial charge in [-0.1, -0.05) is 34.1 Å². The number of anilines is 2. The molecule has 2 saturated heterocycles. The normalized spacial score (nSPS) is 22.2. The second kappa shape index (κ2) is 11.4. The summed E-state index contributed by atoms with van der Waals surface area (Å²) in [5, 5.41) is 2.74. The second-order valence-corrected chi connectivity index (χ2v) is 6.68. The van der Waals surface area contributed by atoms with E-state index >= 15 is 0 Å². The Morgan fingerprint density at radius 3 is 2.26 bits per heavy atom. The number of hydrogen-bond acceptors (Lipinski definition) is 4. The molecule has 156 valence electrons. The molecule has 0 aliphatic carbocycles. The summed E-state index contributed by atoms with van der Waals surface area (Å²) in [5.41, 5.74) is 6.43. The number of hydrogen-bond donors (Lipinski definition) is 2. The van der Waals surface area contributed by atoms with Gasteiger partial charge in [0.2, 0.25) is 0 Å². The maximum atomic E-state index is 14.0. The van der Waals surface area contributed by atoms with Gasteiger partial charge in [-0.15, -0.1) is 0 Å². The molecular formula is C20H35F3N4. The molecule has 3 N–H and O–H groups in total. The van der Waals surface area contributed by atoms with Crippen molar-refractivity contribution in [3.05, 3.63) is 24.0 Å². The van der Waals surface area contributed by atoms with E-state index in [1.54, 1.807) is 12.1 Å². The number of alkyl halides is 2. The summed E-state index contributed by atoms with van der Waals surface area (Å²) >= 11 is 0. The van der Waals surface area contributed by atoms with Crippen LogP contribution in [0.3, 0.4) is 0 Å². The number of nitrogen functional groups attached to an aromatic ring is 1. The molecule has 2 aliphatic rings. The van der Waals surface area contributed by atoms with Crippen LogP contribution in [0.25, 0.3) is 0 Å². The van der Waals surface area contributed by atoms with Gasteiger partial charge in [0.05, 0.1) is 18.3 Å². The van der Waals surface area contributed by atoms with E-state index in [2.05, 4.69) is 19.2 Å². The van der Waals surface area contributed by atoms with Crippen LogP contribution < -0.4 is 16.0 Å². The molecule has 2 fully saturated rings. The van der Waals surface area contributed by atoms with E-state index in [4.69, 9.17) is 5.73 Å². The lowest BCUT2D eigenvalue weighted by molar-refractivity contribution is -0.0963. The molecule has 2 heterocycles. The zero-order chi connectivity index (χ0) is 20.4. The summed E-state index contributed by atoms with van der Waals surface area (Å²) in [7, 11) is 0. The van der Waals surface area contributed by atoms with Crippen molar-refractivity contribution >= 4 is 11.4 Å². The third-order valence-electron chi connectivity index (χ3n) is 4.51. The highest BCUT2D eigenvalue weighted by Gasteiger charge is 2.45. The highest BCUT2D eigenvalue weighted by molar-refractivity contribution is 5.54. The van der Waals surface area contributed by atoms with Gasteiger partial charge in [-0.05, 0) is 31.2 Å². The van der Waals surface area contributed by atoms with Gasteiger partial charge in [-0.2, -0.15) is 0 Å². The number of nitrogens with one attached hydrogen (secondary N) is 1. The van der Waals surface area contributed by atoms with Crippen LogP contribution in [0.5, 0.6) is 0 Å². The molecule has 0 spiro atoms. The summed E-state index contributed by atoms with van der Waals surface area (Å²) in [6.07, 6.45) is 1.70. The third kappa shape index (κ3) is 6.57. The average Bonchev–Trinajstić information content (AvgIpc) is 2.64. The zero-order valence-corrected chi connectivity index (χ0v) is 17.1. The Balaban J connectivity index is 0.000000665. The smallest absolute Gasteiger partial charge is 0.275 e. The van der Waals surface area contributed by atoms with Gasteiger partial charge in [0.25, 0.3) is 5.92 Å². The summed E-state index contributed by atoms with van der Waals surface area (Å²) in [5.74, 6) is -3.06. The van der Waals surface area contributed by atoms with Crippen molar-refractivity contribution < 1.29 is 13.2 Å². The van der Waals surface area contributed by atoms with Gasteiger partial charge in [-0.25, -0.2) is 13.2 Å². The fourth-order valence-electron chi connectivity index (χ4n) is 3.33. The Morgan fingerprint density at radius 2 is 1.74 bits per heavy atom. The van der Waals surface area contributed by atoms with Gasteiger partial charge < -0.3 is 16.0 Å². The van der Waals surface area contributed by atoms with Gasteiger partial charge in [0, 0.05) is 31.9 Å². The summed E-state index contributed by atoms with van der Waals surface area (Å²) < 4.78 is 41.9. The van der Waals surface area contributed by atoms with E-state index < -0.39 is 12.0 Å². The van der Waals surface area contributed by atoms with Crippen LogP contribution >= 0.6 is 0 Å². The van der Waals surface area contributed by atoms with Crippen molar-refractivity contribution in [1.82, 2.24) is 10.2 Å². The maximum absolute atomic E-state index is 14.0. The predicted octanol–water partition coefficient (Wildman–Crippen LogP) is 3.97. The minimum atomic E-state index is -2.70. The Labute approximate surface area is 161 Å². The Kier molecular flexibility index (Phi) is 9.94. The number of rotatable bonds is 2. The summed E-state index contributed by atoms with van der Waals surface area (Å²) in [6.45, 7) is 10.7. The van der Waals surface area contributed by atoms with Crippen molar-refractivity contribution in [2.75, 3.05) is 49.9 Å². The first-order chi connectivity index (χ1) is 12.9. The number of nitrogens with zero attached hydrogens (tertiary/aromatic N) is 2. The topological polar surface area (TPSA) is 44.5 Å². The summed E-state index contributed by atoms with van der Waals surface area (Å²) in [4.78, 5) is 3.73. The average molecular weight is 389 g/mol. The standard InChI is InChI=1S/C15H21F3N4.C3H8.C2H6/c16-12-9-11(19)1-2-13(12)21-5-7-22(8-6-21)14-3-4-20-10-15(14,17)18;1-3-2;1-2/h1-2,9,14,20H,3-8,10,19H2;3H2,1-2H3;1-2H3. The van der Waals surface area contributed by atoms with E-state index in [1.165, 1.54) is 12.5 Å². The number of halogens is 3. The van der Waals surface area contributed by atoms with Crippen molar-refractivity contribution in [2.45, 2.75) is 52.5 Å². The lowest BCUT2D eigenvalue weighted by atomic mass is 9.99. The number of benzene rings is 1. The zero-order valence-electron chi connectivity index (χ0n) is 17.1. The molecule has 1 aromatic carbocycles. The summed E-state index contributed by atoms with van der Waals surface area (Å²) in [6, 6.07) is 3.89. The van der Waals surface area contributed by atoms with E-state index in [9.17, 15) is 13.2 Å². The maximum Gasteiger partial charge on any atom is 0.275 e. The van der Waals surface area contributed by atoms with Gasteiger partial charge in [0.15, 0.2) is 0 Å². The SMILES string of the molecule is CC.CCC.Nc1ccc(N2CCN(C3CCNCC3(F)F)CC2)c(F)c1. The Morgan fingerprint density at radius 1 is 1.15 bits per heavy atom. The van der Waals surface area contributed by atoms with Crippen LogP contribution in [-0.4, -0.2) is 56.1 Å². The lowest BCUT2D eigenvalue weighted by Gasteiger charge is -2.44.